The zero-order valence-electron chi connectivity index (χ0n) is 16.9. The highest BCUT2D eigenvalue weighted by atomic mass is 16.3. The monoisotopic (exact) mass is 376 g/mol. The van der Waals surface area contributed by atoms with Gasteiger partial charge in [0.05, 0.1) is 12.7 Å². The molecule has 1 aromatic heterocycles. The Bertz CT molecular complexity index is 961. The van der Waals surface area contributed by atoms with Crippen molar-refractivity contribution >= 4 is 22.6 Å². The zero-order chi connectivity index (χ0) is 19.7. The van der Waals surface area contributed by atoms with Crippen LogP contribution in [0.3, 0.4) is 0 Å². The molecule has 0 bridgehead atoms. The Balaban J connectivity index is 1.44. The third-order valence-corrected chi connectivity index (χ3v) is 5.62. The molecule has 4 nitrogen and oxygen atoms in total. The number of para-hydroxylation sites is 1. The summed E-state index contributed by atoms with van der Waals surface area (Å²) >= 11 is 0. The number of fused-ring (bicyclic) bond motifs is 1. The summed E-state index contributed by atoms with van der Waals surface area (Å²) in [4.78, 5) is 17.2. The van der Waals surface area contributed by atoms with Crippen molar-refractivity contribution in [3.05, 3.63) is 65.9 Å². The smallest absolute Gasteiger partial charge is 0.227 e. The summed E-state index contributed by atoms with van der Waals surface area (Å²) in [5, 5.41) is 1.06. The molecule has 2 heterocycles. The van der Waals surface area contributed by atoms with Crippen molar-refractivity contribution in [1.82, 2.24) is 4.90 Å². The lowest BCUT2D eigenvalue weighted by molar-refractivity contribution is -0.130. The SMILES string of the molecule is CC(C)(C)c1ccc2occ(CC(=O)N3CCN(c4ccccc4)CC3)c2c1. The van der Waals surface area contributed by atoms with Gasteiger partial charge in [-0.3, -0.25) is 4.79 Å². The van der Waals surface area contributed by atoms with E-state index in [4.69, 9.17) is 4.42 Å². The maximum Gasteiger partial charge on any atom is 0.227 e. The summed E-state index contributed by atoms with van der Waals surface area (Å²) in [6.45, 7) is 9.86. The normalized spacial score (nSPS) is 15.2. The third kappa shape index (κ3) is 3.77. The molecule has 4 rings (SSSR count). The maximum absolute atomic E-state index is 12.9. The van der Waals surface area contributed by atoms with Crippen molar-refractivity contribution in [2.24, 2.45) is 0 Å². The molecular weight excluding hydrogens is 348 g/mol. The average Bonchev–Trinajstić information content (AvgIpc) is 3.10. The van der Waals surface area contributed by atoms with E-state index in [1.165, 1.54) is 11.3 Å². The molecule has 2 aromatic carbocycles. The number of piperazine rings is 1. The Morgan fingerprint density at radius 1 is 1.00 bits per heavy atom. The quantitative estimate of drug-likeness (QED) is 0.669. The van der Waals surface area contributed by atoms with Crippen LogP contribution in [0, 0.1) is 0 Å². The van der Waals surface area contributed by atoms with Crippen LogP contribution in [0.25, 0.3) is 11.0 Å². The van der Waals surface area contributed by atoms with Gasteiger partial charge < -0.3 is 14.2 Å². The van der Waals surface area contributed by atoms with Gasteiger partial charge in [-0.15, -0.1) is 0 Å². The Kier molecular flexibility index (Phi) is 4.88. The predicted molar refractivity (Wildman–Crippen MR) is 114 cm³/mol. The molecule has 1 saturated heterocycles. The zero-order valence-corrected chi connectivity index (χ0v) is 16.9. The maximum atomic E-state index is 12.9. The third-order valence-electron chi connectivity index (χ3n) is 5.62. The number of carbonyl (C=O) groups excluding carboxylic acids is 1. The minimum atomic E-state index is 0.0699. The van der Waals surface area contributed by atoms with Gasteiger partial charge in [0.25, 0.3) is 0 Å². The highest BCUT2D eigenvalue weighted by Gasteiger charge is 2.23. The number of hydrogen-bond donors (Lipinski definition) is 0. The van der Waals surface area contributed by atoms with Crippen LogP contribution in [0.15, 0.2) is 59.2 Å². The summed E-state index contributed by atoms with van der Waals surface area (Å²) in [6, 6.07) is 16.7. The first-order chi connectivity index (χ1) is 13.4. The second-order valence-electron chi connectivity index (χ2n) is 8.60. The number of rotatable bonds is 3. The topological polar surface area (TPSA) is 36.7 Å². The van der Waals surface area contributed by atoms with E-state index in [2.05, 4.69) is 62.1 Å². The molecule has 3 aromatic rings. The Hall–Kier alpha value is -2.75. The standard InChI is InChI=1S/C24H28N2O2/c1-24(2,3)19-9-10-22-21(16-19)18(17-28-22)15-23(27)26-13-11-25(12-14-26)20-7-5-4-6-8-20/h4-10,16-17H,11-15H2,1-3H3. The fraction of sp³-hybridized carbons (Fsp3) is 0.375. The van der Waals surface area contributed by atoms with Gasteiger partial charge in [-0.25, -0.2) is 0 Å². The van der Waals surface area contributed by atoms with Crippen LogP contribution < -0.4 is 4.90 Å². The van der Waals surface area contributed by atoms with Crippen molar-refractivity contribution in [2.75, 3.05) is 31.1 Å². The second-order valence-corrected chi connectivity index (χ2v) is 8.60. The number of benzene rings is 2. The molecule has 4 heteroatoms. The molecule has 0 unspecified atom stereocenters. The first-order valence-electron chi connectivity index (χ1n) is 10.0. The molecule has 146 valence electrons. The van der Waals surface area contributed by atoms with Crippen LogP contribution in [0.2, 0.25) is 0 Å². The van der Waals surface area contributed by atoms with Crippen LogP contribution in [-0.2, 0) is 16.6 Å². The van der Waals surface area contributed by atoms with Crippen molar-refractivity contribution in [2.45, 2.75) is 32.6 Å². The number of hydrogen-bond acceptors (Lipinski definition) is 3. The van der Waals surface area contributed by atoms with E-state index in [-0.39, 0.29) is 11.3 Å². The lowest BCUT2D eigenvalue weighted by atomic mass is 9.86. The fourth-order valence-electron chi connectivity index (χ4n) is 3.81. The van der Waals surface area contributed by atoms with Gasteiger partial charge in [0.15, 0.2) is 0 Å². The van der Waals surface area contributed by atoms with E-state index in [0.717, 1.165) is 42.7 Å². The summed E-state index contributed by atoms with van der Waals surface area (Å²) in [5.74, 6) is 0.177. The van der Waals surface area contributed by atoms with E-state index < -0.39 is 0 Å². The molecule has 0 N–H and O–H groups in total. The molecule has 0 radical (unpaired) electrons. The van der Waals surface area contributed by atoms with Gasteiger partial charge in [0, 0.05) is 42.8 Å². The number of carbonyl (C=O) groups is 1. The first kappa shape index (κ1) is 18.6. The fourth-order valence-corrected chi connectivity index (χ4v) is 3.81. The number of nitrogens with zero attached hydrogens (tertiary/aromatic N) is 2. The van der Waals surface area contributed by atoms with Gasteiger partial charge in [0.1, 0.15) is 5.58 Å². The minimum Gasteiger partial charge on any atom is -0.464 e. The first-order valence-corrected chi connectivity index (χ1v) is 10.0. The lowest BCUT2D eigenvalue weighted by Crippen LogP contribution is -2.49. The van der Waals surface area contributed by atoms with Crippen LogP contribution in [0.5, 0.6) is 0 Å². The Morgan fingerprint density at radius 2 is 1.71 bits per heavy atom. The highest BCUT2D eigenvalue weighted by Crippen LogP contribution is 2.29. The van der Waals surface area contributed by atoms with E-state index >= 15 is 0 Å². The summed E-state index contributed by atoms with van der Waals surface area (Å²) in [7, 11) is 0. The number of anilines is 1. The van der Waals surface area contributed by atoms with E-state index in [1.807, 2.05) is 17.0 Å². The van der Waals surface area contributed by atoms with Crippen LogP contribution in [0.4, 0.5) is 5.69 Å². The molecule has 1 aliphatic rings. The van der Waals surface area contributed by atoms with Crippen molar-refractivity contribution in [1.29, 1.82) is 0 Å². The molecule has 0 aliphatic carbocycles. The van der Waals surface area contributed by atoms with Gasteiger partial charge in [-0.1, -0.05) is 45.0 Å². The predicted octanol–water partition coefficient (Wildman–Crippen LogP) is 4.62. The summed E-state index contributed by atoms with van der Waals surface area (Å²) < 4.78 is 5.70. The molecular formula is C24H28N2O2. The minimum absolute atomic E-state index is 0.0699. The van der Waals surface area contributed by atoms with Crippen LogP contribution >= 0.6 is 0 Å². The van der Waals surface area contributed by atoms with Gasteiger partial charge in [-0.05, 0) is 35.2 Å². The van der Waals surface area contributed by atoms with Crippen molar-refractivity contribution < 1.29 is 9.21 Å². The molecule has 1 amide bonds. The Morgan fingerprint density at radius 3 is 2.39 bits per heavy atom. The molecule has 1 fully saturated rings. The highest BCUT2D eigenvalue weighted by molar-refractivity contribution is 5.88. The summed E-state index contributed by atoms with van der Waals surface area (Å²) in [6.07, 6.45) is 2.14. The molecule has 0 saturated carbocycles. The largest absolute Gasteiger partial charge is 0.464 e. The number of furan rings is 1. The molecule has 0 atom stereocenters. The van der Waals surface area contributed by atoms with E-state index in [0.29, 0.717) is 6.42 Å². The lowest BCUT2D eigenvalue weighted by Gasteiger charge is -2.36. The van der Waals surface area contributed by atoms with E-state index in [1.54, 1.807) is 6.26 Å². The van der Waals surface area contributed by atoms with E-state index in [9.17, 15) is 4.79 Å². The second kappa shape index (κ2) is 7.34. The van der Waals surface area contributed by atoms with Crippen LogP contribution in [-0.4, -0.2) is 37.0 Å². The van der Waals surface area contributed by atoms with Gasteiger partial charge >= 0.3 is 0 Å². The summed E-state index contributed by atoms with van der Waals surface area (Å²) in [5.41, 5.74) is 4.39. The van der Waals surface area contributed by atoms with Gasteiger partial charge in [-0.2, -0.15) is 0 Å². The molecule has 1 aliphatic heterocycles. The molecule has 0 spiro atoms. The molecule has 28 heavy (non-hydrogen) atoms. The number of amides is 1. The van der Waals surface area contributed by atoms with Crippen molar-refractivity contribution in [3.63, 3.8) is 0 Å². The van der Waals surface area contributed by atoms with Gasteiger partial charge in [0.2, 0.25) is 5.91 Å². The Labute approximate surface area is 166 Å². The van der Waals surface area contributed by atoms with Crippen LogP contribution in [0.1, 0.15) is 31.9 Å². The van der Waals surface area contributed by atoms with Crippen molar-refractivity contribution in [3.8, 4) is 0 Å². The average molecular weight is 377 g/mol.